The van der Waals surface area contributed by atoms with Crippen LogP contribution in [-0.2, 0) is 6.42 Å². The van der Waals surface area contributed by atoms with Crippen molar-refractivity contribution in [3.8, 4) is 11.4 Å². The SMILES string of the molecule is CCc1cc2n[nH]c(=O)n2c(-c2cccc(Cl)c2)n1. The van der Waals surface area contributed by atoms with Gasteiger partial charge in [0.15, 0.2) is 5.65 Å². The maximum absolute atomic E-state index is 11.8. The summed E-state index contributed by atoms with van der Waals surface area (Å²) in [6, 6.07) is 9.06. The Hall–Kier alpha value is -2.14. The number of fused-ring (bicyclic) bond motifs is 1. The first-order valence-corrected chi connectivity index (χ1v) is 6.30. The molecule has 0 saturated carbocycles. The van der Waals surface area contributed by atoms with E-state index in [1.54, 1.807) is 18.2 Å². The van der Waals surface area contributed by atoms with Gasteiger partial charge in [-0.15, -0.1) is 0 Å². The second-order valence-electron chi connectivity index (χ2n) is 4.16. The van der Waals surface area contributed by atoms with Gasteiger partial charge in [0.1, 0.15) is 5.82 Å². The van der Waals surface area contributed by atoms with Crippen LogP contribution in [0.5, 0.6) is 0 Å². The molecule has 0 atom stereocenters. The van der Waals surface area contributed by atoms with Gasteiger partial charge in [-0.1, -0.05) is 30.7 Å². The number of hydrogen-bond acceptors (Lipinski definition) is 3. The topological polar surface area (TPSA) is 63.0 Å². The van der Waals surface area contributed by atoms with Crippen molar-refractivity contribution in [3.63, 3.8) is 0 Å². The Morgan fingerprint density at radius 1 is 1.37 bits per heavy atom. The molecule has 0 aliphatic carbocycles. The quantitative estimate of drug-likeness (QED) is 0.780. The van der Waals surface area contributed by atoms with E-state index in [9.17, 15) is 4.79 Å². The van der Waals surface area contributed by atoms with Crippen LogP contribution in [0.4, 0.5) is 0 Å². The first-order valence-electron chi connectivity index (χ1n) is 5.92. The molecule has 2 aromatic heterocycles. The van der Waals surface area contributed by atoms with Crippen molar-refractivity contribution >= 4 is 17.2 Å². The summed E-state index contributed by atoms with van der Waals surface area (Å²) in [5.41, 5.74) is 1.92. The van der Waals surface area contributed by atoms with Gasteiger partial charge in [-0.3, -0.25) is 0 Å². The molecule has 96 valence electrons. The van der Waals surface area contributed by atoms with E-state index in [1.165, 1.54) is 4.40 Å². The summed E-state index contributed by atoms with van der Waals surface area (Å²) in [7, 11) is 0. The Labute approximate surface area is 113 Å². The van der Waals surface area contributed by atoms with Gasteiger partial charge in [-0.2, -0.15) is 5.10 Å². The summed E-state index contributed by atoms with van der Waals surface area (Å²) < 4.78 is 1.45. The summed E-state index contributed by atoms with van der Waals surface area (Å²) in [5.74, 6) is 0.551. The largest absolute Gasteiger partial charge is 0.349 e. The molecule has 19 heavy (non-hydrogen) atoms. The highest BCUT2D eigenvalue weighted by atomic mass is 35.5. The van der Waals surface area contributed by atoms with Crippen molar-refractivity contribution in [1.29, 1.82) is 0 Å². The number of aromatic nitrogens is 4. The van der Waals surface area contributed by atoms with Crippen molar-refractivity contribution in [1.82, 2.24) is 19.6 Å². The number of aromatic amines is 1. The van der Waals surface area contributed by atoms with Crippen LogP contribution in [-0.4, -0.2) is 19.6 Å². The van der Waals surface area contributed by atoms with Gasteiger partial charge in [0.05, 0.1) is 0 Å². The average Bonchev–Trinajstić information content (AvgIpc) is 2.79. The zero-order chi connectivity index (χ0) is 13.4. The molecule has 0 aliphatic rings. The maximum Gasteiger partial charge on any atom is 0.349 e. The van der Waals surface area contributed by atoms with E-state index in [0.717, 1.165) is 17.7 Å². The fourth-order valence-electron chi connectivity index (χ4n) is 1.98. The smallest absolute Gasteiger partial charge is 0.246 e. The van der Waals surface area contributed by atoms with E-state index in [0.29, 0.717) is 16.5 Å². The average molecular weight is 275 g/mol. The number of hydrogen-bond donors (Lipinski definition) is 1. The van der Waals surface area contributed by atoms with E-state index < -0.39 is 0 Å². The van der Waals surface area contributed by atoms with Crippen molar-refractivity contribution in [2.45, 2.75) is 13.3 Å². The lowest BCUT2D eigenvalue weighted by Gasteiger charge is -2.06. The zero-order valence-corrected chi connectivity index (χ0v) is 11.0. The van der Waals surface area contributed by atoms with E-state index in [2.05, 4.69) is 15.2 Å². The Morgan fingerprint density at radius 2 is 2.21 bits per heavy atom. The number of benzene rings is 1. The molecule has 1 aromatic carbocycles. The lowest BCUT2D eigenvalue weighted by atomic mass is 10.2. The van der Waals surface area contributed by atoms with E-state index in [4.69, 9.17) is 11.6 Å². The molecule has 3 rings (SSSR count). The molecule has 2 heterocycles. The lowest BCUT2D eigenvalue weighted by molar-refractivity contribution is 0.962. The highest BCUT2D eigenvalue weighted by Crippen LogP contribution is 2.21. The third-order valence-electron chi connectivity index (χ3n) is 2.90. The molecule has 5 nitrogen and oxygen atoms in total. The molecule has 0 spiro atoms. The molecule has 0 unspecified atom stereocenters. The number of halogens is 1. The molecule has 0 aliphatic heterocycles. The second-order valence-corrected chi connectivity index (χ2v) is 4.59. The number of aryl methyl sites for hydroxylation is 1. The first kappa shape index (κ1) is 11.9. The third-order valence-corrected chi connectivity index (χ3v) is 3.14. The minimum absolute atomic E-state index is 0.305. The lowest BCUT2D eigenvalue weighted by Crippen LogP contribution is -2.13. The Morgan fingerprint density at radius 3 is 2.95 bits per heavy atom. The van der Waals surface area contributed by atoms with E-state index in [-0.39, 0.29) is 5.69 Å². The highest BCUT2D eigenvalue weighted by molar-refractivity contribution is 6.30. The minimum atomic E-state index is -0.305. The summed E-state index contributed by atoms with van der Waals surface area (Å²) in [4.78, 5) is 16.3. The highest BCUT2D eigenvalue weighted by Gasteiger charge is 2.11. The van der Waals surface area contributed by atoms with Gasteiger partial charge in [-0.25, -0.2) is 19.3 Å². The molecule has 0 saturated heterocycles. The fourth-order valence-corrected chi connectivity index (χ4v) is 2.17. The van der Waals surface area contributed by atoms with Gasteiger partial charge in [0.25, 0.3) is 0 Å². The predicted octanol–water partition coefficient (Wildman–Crippen LogP) is 2.30. The summed E-state index contributed by atoms with van der Waals surface area (Å²) in [5, 5.41) is 7.03. The molecule has 0 fully saturated rings. The van der Waals surface area contributed by atoms with Gasteiger partial charge in [0.2, 0.25) is 0 Å². The van der Waals surface area contributed by atoms with Crippen LogP contribution in [0.1, 0.15) is 12.6 Å². The number of nitrogens with one attached hydrogen (secondary N) is 1. The maximum atomic E-state index is 11.8. The molecule has 0 radical (unpaired) electrons. The normalized spacial score (nSPS) is 11.1. The Kier molecular flexibility index (Phi) is 2.83. The van der Waals surface area contributed by atoms with Crippen molar-refractivity contribution in [2.75, 3.05) is 0 Å². The van der Waals surface area contributed by atoms with Crippen LogP contribution >= 0.6 is 11.6 Å². The van der Waals surface area contributed by atoms with Gasteiger partial charge in [-0.05, 0) is 18.6 Å². The number of nitrogens with zero attached hydrogens (tertiary/aromatic N) is 3. The van der Waals surface area contributed by atoms with Crippen LogP contribution < -0.4 is 5.69 Å². The van der Waals surface area contributed by atoms with Gasteiger partial charge >= 0.3 is 5.69 Å². The van der Waals surface area contributed by atoms with Crippen molar-refractivity contribution < 1.29 is 0 Å². The van der Waals surface area contributed by atoms with Crippen LogP contribution in [0.3, 0.4) is 0 Å². The van der Waals surface area contributed by atoms with Gasteiger partial charge in [0, 0.05) is 22.3 Å². The van der Waals surface area contributed by atoms with Crippen molar-refractivity contribution in [3.05, 3.63) is 51.5 Å². The molecule has 3 aromatic rings. The molecule has 6 heteroatoms. The van der Waals surface area contributed by atoms with Gasteiger partial charge < -0.3 is 0 Å². The number of H-pyrrole nitrogens is 1. The molecule has 0 bridgehead atoms. The standard InChI is InChI=1S/C13H11ClN4O/c1-2-10-7-11-16-17-13(19)18(11)12(15-10)8-4-3-5-9(14)6-8/h3-7H,2H2,1H3,(H,17,19). The predicted molar refractivity (Wildman–Crippen MR) is 73.4 cm³/mol. The third kappa shape index (κ3) is 2.02. The molecule has 0 amide bonds. The van der Waals surface area contributed by atoms with Crippen LogP contribution in [0.25, 0.3) is 17.0 Å². The minimum Gasteiger partial charge on any atom is -0.246 e. The molecular formula is C13H11ClN4O. The summed E-state index contributed by atoms with van der Waals surface area (Å²) in [6.07, 6.45) is 0.769. The van der Waals surface area contributed by atoms with Crippen LogP contribution in [0.15, 0.2) is 35.1 Å². The van der Waals surface area contributed by atoms with E-state index in [1.807, 2.05) is 19.1 Å². The Balaban J connectivity index is 2.38. The van der Waals surface area contributed by atoms with Crippen molar-refractivity contribution in [2.24, 2.45) is 0 Å². The summed E-state index contributed by atoms with van der Waals surface area (Å²) in [6.45, 7) is 2.01. The monoisotopic (exact) mass is 274 g/mol. The first-order chi connectivity index (χ1) is 9.19. The fraction of sp³-hybridized carbons (Fsp3) is 0.154. The number of rotatable bonds is 2. The second kappa shape index (κ2) is 4.51. The zero-order valence-electron chi connectivity index (χ0n) is 10.2. The van der Waals surface area contributed by atoms with E-state index >= 15 is 0 Å². The molecular weight excluding hydrogens is 264 g/mol. The molecule has 1 N–H and O–H groups in total. The van der Waals surface area contributed by atoms with Crippen LogP contribution in [0, 0.1) is 0 Å². The Bertz CT molecular complexity index is 806. The summed E-state index contributed by atoms with van der Waals surface area (Å²) >= 11 is 5.99. The van der Waals surface area contributed by atoms with Crippen LogP contribution in [0.2, 0.25) is 5.02 Å².